The van der Waals surface area contributed by atoms with E-state index in [1.807, 2.05) is 30.3 Å². The van der Waals surface area contributed by atoms with Crippen LogP contribution >= 0.6 is 12.2 Å². The van der Waals surface area contributed by atoms with Gasteiger partial charge in [-0.1, -0.05) is 18.2 Å². The lowest BCUT2D eigenvalue weighted by Gasteiger charge is -2.09. The molecule has 0 saturated carbocycles. The molecule has 16 heavy (non-hydrogen) atoms. The first-order valence-electron chi connectivity index (χ1n) is 4.92. The first-order valence-corrected chi connectivity index (χ1v) is 5.32. The van der Waals surface area contributed by atoms with Gasteiger partial charge in [-0.2, -0.15) is 0 Å². The Balaban J connectivity index is 1.81. The van der Waals surface area contributed by atoms with Crippen LogP contribution in [-0.4, -0.2) is 15.1 Å². The van der Waals surface area contributed by atoms with Crippen LogP contribution in [0.25, 0.3) is 0 Å². The van der Waals surface area contributed by atoms with Crippen molar-refractivity contribution in [3.8, 4) is 0 Å². The van der Waals surface area contributed by atoms with Crippen molar-refractivity contribution in [2.45, 2.75) is 6.54 Å². The van der Waals surface area contributed by atoms with Gasteiger partial charge in [0.1, 0.15) is 0 Å². The molecule has 0 bridgehead atoms. The van der Waals surface area contributed by atoms with Gasteiger partial charge < -0.3 is 15.6 Å². The number of imidazole rings is 1. The zero-order valence-corrected chi connectivity index (χ0v) is 9.42. The first kappa shape index (κ1) is 10.6. The van der Waals surface area contributed by atoms with Gasteiger partial charge in [0.25, 0.3) is 0 Å². The average molecular weight is 232 g/mol. The van der Waals surface area contributed by atoms with E-state index in [0.29, 0.717) is 11.7 Å². The summed E-state index contributed by atoms with van der Waals surface area (Å²) in [5.41, 5.74) is 1.97. The van der Waals surface area contributed by atoms with Gasteiger partial charge in [0, 0.05) is 11.9 Å². The molecule has 0 atom stereocenters. The van der Waals surface area contributed by atoms with Gasteiger partial charge in [-0.3, -0.25) is 0 Å². The molecule has 0 spiro atoms. The fourth-order valence-electron chi connectivity index (χ4n) is 1.25. The van der Waals surface area contributed by atoms with Gasteiger partial charge in [0.15, 0.2) is 5.11 Å². The lowest BCUT2D eigenvalue weighted by atomic mass is 10.3. The van der Waals surface area contributed by atoms with Crippen LogP contribution in [0.2, 0.25) is 0 Å². The highest BCUT2D eigenvalue weighted by Gasteiger charge is 1.97. The van der Waals surface area contributed by atoms with E-state index in [9.17, 15) is 0 Å². The number of anilines is 1. The molecule has 0 amide bonds. The van der Waals surface area contributed by atoms with Crippen molar-refractivity contribution in [1.82, 2.24) is 15.3 Å². The summed E-state index contributed by atoms with van der Waals surface area (Å²) in [5.74, 6) is 0. The van der Waals surface area contributed by atoms with E-state index in [4.69, 9.17) is 12.2 Å². The highest BCUT2D eigenvalue weighted by atomic mass is 32.1. The Morgan fingerprint density at radius 1 is 1.31 bits per heavy atom. The third kappa shape index (κ3) is 3.06. The van der Waals surface area contributed by atoms with Crippen molar-refractivity contribution in [3.05, 3.63) is 48.5 Å². The zero-order chi connectivity index (χ0) is 11.2. The molecular formula is C11H12N4S. The highest BCUT2D eigenvalue weighted by Crippen LogP contribution is 2.04. The Hall–Kier alpha value is -1.88. The Morgan fingerprint density at radius 3 is 2.81 bits per heavy atom. The van der Waals surface area contributed by atoms with E-state index in [0.717, 1.165) is 11.4 Å². The summed E-state index contributed by atoms with van der Waals surface area (Å²) in [4.78, 5) is 6.92. The summed E-state index contributed by atoms with van der Waals surface area (Å²) in [6.45, 7) is 0.638. The predicted molar refractivity (Wildman–Crippen MR) is 68.1 cm³/mol. The molecule has 0 aliphatic heterocycles. The van der Waals surface area contributed by atoms with E-state index in [1.165, 1.54) is 0 Å². The summed E-state index contributed by atoms with van der Waals surface area (Å²) in [6, 6.07) is 9.81. The summed E-state index contributed by atoms with van der Waals surface area (Å²) < 4.78 is 0. The summed E-state index contributed by atoms with van der Waals surface area (Å²) in [7, 11) is 0. The lowest BCUT2D eigenvalue weighted by molar-refractivity contribution is 0.892. The van der Waals surface area contributed by atoms with Gasteiger partial charge in [0.2, 0.25) is 0 Å². The van der Waals surface area contributed by atoms with Gasteiger partial charge in [-0.05, 0) is 24.4 Å². The monoisotopic (exact) mass is 232 g/mol. The molecule has 0 saturated heterocycles. The molecule has 2 aromatic rings. The SMILES string of the molecule is S=C(NCc1cnc[nH]1)Nc1ccccc1. The van der Waals surface area contributed by atoms with Crippen LogP contribution in [0.4, 0.5) is 5.69 Å². The van der Waals surface area contributed by atoms with Crippen LogP contribution in [0.1, 0.15) is 5.69 Å². The summed E-state index contributed by atoms with van der Waals surface area (Å²) >= 11 is 5.15. The minimum Gasteiger partial charge on any atom is -0.357 e. The number of thiocarbonyl (C=S) groups is 1. The number of aromatic nitrogens is 2. The first-order chi connectivity index (χ1) is 7.84. The highest BCUT2D eigenvalue weighted by molar-refractivity contribution is 7.80. The Bertz CT molecular complexity index is 438. The molecule has 1 aromatic carbocycles. The van der Waals surface area contributed by atoms with Gasteiger partial charge >= 0.3 is 0 Å². The maximum absolute atomic E-state index is 5.15. The number of nitrogens with one attached hydrogen (secondary N) is 3. The molecule has 1 aromatic heterocycles. The number of rotatable bonds is 3. The molecule has 2 rings (SSSR count). The topological polar surface area (TPSA) is 52.7 Å². The molecule has 0 aliphatic rings. The number of hydrogen-bond acceptors (Lipinski definition) is 2. The number of benzene rings is 1. The molecule has 3 N–H and O–H groups in total. The van der Waals surface area contributed by atoms with Crippen molar-refractivity contribution < 1.29 is 0 Å². The second-order valence-corrected chi connectivity index (χ2v) is 3.66. The quantitative estimate of drug-likeness (QED) is 0.707. The molecule has 0 unspecified atom stereocenters. The normalized spacial score (nSPS) is 9.75. The smallest absolute Gasteiger partial charge is 0.171 e. The van der Waals surface area contributed by atoms with Crippen LogP contribution in [0.15, 0.2) is 42.9 Å². The van der Waals surface area contributed by atoms with Gasteiger partial charge in [0.05, 0.1) is 18.6 Å². The lowest BCUT2D eigenvalue weighted by Crippen LogP contribution is -2.27. The molecule has 5 heteroatoms. The van der Waals surface area contributed by atoms with Crippen molar-refractivity contribution >= 4 is 23.0 Å². The molecule has 82 valence electrons. The average Bonchev–Trinajstić information content (AvgIpc) is 2.81. The molecule has 1 heterocycles. The van der Waals surface area contributed by atoms with E-state index in [2.05, 4.69) is 20.6 Å². The van der Waals surface area contributed by atoms with E-state index < -0.39 is 0 Å². The van der Waals surface area contributed by atoms with Gasteiger partial charge in [-0.25, -0.2) is 4.98 Å². The minimum absolute atomic E-state index is 0.598. The van der Waals surface area contributed by atoms with Crippen molar-refractivity contribution in [2.24, 2.45) is 0 Å². The van der Waals surface area contributed by atoms with Crippen LogP contribution in [0, 0.1) is 0 Å². The van der Waals surface area contributed by atoms with E-state index >= 15 is 0 Å². The van der Waals surface area contributed by atoms with E-state index in [-0.39, 0.29) is 0 Å². The third-order valence-corrected chi connectivity index (χ3v) is 2.27. The molecule has 4 nitrogen and oxygen atoms in total. The Kier molecular flexibility index (Phi) is 3.50. The van der Waals surface area contributed by atoms with Crippen LogP contribution in [0.3, 0.4) is 0 Å². The van der Waals surface area contributed by atoms with Crippen molar-refractivity contribution in [3.63, 3.8) is 0 Å². The maximum atomic E-state index is 5.15. The molecule has 0 radical (unpaired) electrons. The molecular weight excluding hydrogens is 220 g/mol. The Morgan fingerprint density at radius 2 is 2.12 bits per heavy atom. The van der Waals surface area contributed by atoms with E-state index in [1.54, 1.807) is 12.5 Å². The van der Waals surface area contributed by atoms with Crippen LogP contribution in [0.5, 0.6) is 0 Å². The number of para-hydroxylation sites is 1. The second kappa shape index (κ2) is 5.27. The number of hydrogen-bond donors (Lipinski definition) is 3. The third-order valence-electron chi connectivity index (χ3n) is 2.03. The minimum atomic E-state index is 0.598. The second-order valence-electron chi connectivity index (χ2n) is 3.25. The number of H-pyrrole nitrogens is 1. The van der Waals surface area contributed by atoms with Gasteiger partial charge in [-0.15, -0.1) is 0 Å². The van der Waals surface area contributed by atoms with Crippen molar-refractivity contribution in [1.29, 1.82) is 0 Å². The van der Waals surface area contributed by atoms with Crippen LogP contribution < -0.4 is 10.6 Å². The molecule has 0 fully saturated rings. The fourth-order valence-corrected chi connectivity index (χ4v) is 1.44. The predicted octanol–water partition coefficient (Wildman–Crippen LogP) is 1.90. The standard InChI is InChI=1S/C11H12N4S/c16-11(13-7-10-6-12-8-14-10)15-9-4-2-1-3-5-9/h1-6,8H,7H2,(H,12,14)(H2,13,15,16). The summed E-state index contributed by atoms with van der Waals surface area (Å²) in [6.07, 6.45) is 3.41. The number of aromatic amines is 1. The largest absolute Gasteiger partial charge is 0.357 e. The maximum Gasteiger partial charge on any atom is 0.171 e. The zero-order valence-electron chi connectivity index (χ0n) is 8.60. The Labute approximate surface area is 99.1 Å². The number of nitrogens with zero attached hydrogens (tertiary/aromatic N) is 1. The molecule has 0 aliphatic carbocycles. The van der Waals surface area contributed by atoms with Crippen LogP contribution in [-0.2, 0) is 6.54 Å². The summed E-state index contributed by atoms with van der Waals surface area (Å²) in [5, 5.41) is 6.77. The fraction of sp³-hybridized carbons (Fsp3) is 0.0909. The van der Waals surface area contributed by atoms with Crippen molar-refractivity contribution in [2.75, 3.05) is 5.32 Å².